The first-order chi connectivity index (χ1) is 14.4. The van der Waals surface area contributed by atoms with Crippen molar-refractivity contribution in [3.8, 4) is 0 Å². The second kappa shape index (κ2) is 9.93. The number of carbonyl (C=O) groups is 1. The summed E-state index contributed by atoms with van der Waals surface area (Å²) in [6.07, 6.45) is 2.08. The minimum absolute atomic E-state index is 0.0652. The fourth-order valence-corrected chi connectivity index (χ4v) is 3.62. The first kappa shape index (κ1) is 21.4. The SMILES string of the molecule is CS(=O)(=O)Nc1ccccc1CC(=O)Nc1ccc(NCCc2ccccc2)cc1. The summed E-state index contributed by atoms with van der Waals surface area (Å²) in [4.78, 5) is 12.4. The molecule has 1 amide bonds. The number of hydrogen-bond acceptors (Lipinski definition) is 4. The molecule has 0 bridgehead atoms. The molecule has 0 spiro atoms. The Morgan fingerprint density at radius 2 is 1.47 bits per heavy atom. The maximum absolute atomic E-state index is 12.4. The van der Waals surface area contributed by atoms with Gasteiger partial charge in [0.25, 0.3) is 0 Å². The highest BCUT2D eigenvalue weighted by Crippen LogP contribution is 2.18. The van der Waals surface area contributed by atoms with Gasteiger partial charge in [0.1, 0.15) is 0 Å². The van der Waals surface area contributed by atoms with Crippen LogP contribution in [0.1, 0.15) is 11.1 Å². The molecule has 0 saturated carbocycles. The van der Waals surface area contributed by atoms with E-state index in [1.807, 2.05) is 42.5 Å². The summed E-state index contributed by atoms with van der Waals surface area (Å²) >= 11 is 0. The molecule has 3 aromatic carbocycles. The Morgan fingerprint density at radius 1 is 0.833 bits per heavy atom. The van der Waals surface area contributed by atoms with Crippen LogP contribution in [0.4, 0.5) is 17.1 Å². The molecule has 0 unspecified atom stereocenters. The predicted octanol–water partition coefficient (Wildman–Crippen LogP) is 3.89. The molecule has 0 radical (unpaired) electrons. The first-order valence-electron chi connectivity index (χ1n) is 9.62. The van der Waals surface area contributed by atoms with Crippen LogP contribution in [-0.4, -0.2) is 27.1 Å². The van der Waals surface area contributed by atoms with E-state index in [4.69, 9.17) is 0 Å². The molecule has 6 nitrogen and oxygen atoms in total. The highest BCUT2D eigenvalue weighted by Gasteiger charge is 2.11. The van der Waals surface area contributed by atoms with E-state index in [2.05, 4.69) is 27.5 Å². The van der Waals surface area contributed by atoms with Gasteiger partial charge in [0.05, 0.1) is 18.4 Å². The van der Waals surface area contributed by atoms with Crippen LogP contribution in [0, 0.1) is 0 Å². The molecule has 30 heavy (non-hydrogen) atoms. The summed E-state index contributed by atoms with van der Waals surface area (Å²) in [5, 5.41) is 6.21. The molecular weight excluding hydrogens is 398 g/mol. The molecule has 3 aromatic rings. The molecule has 156 valence electrons. The third-order valence-corrected chi connectivity index (χ3v) is 5.01. The van der Waals surface area contributed by atoms with E-state index in [0.29, 0.717) is 16.9 Å². The van der Waals surface area contributed by atoms with Crippen LogP contribution in [-0.2, 0) is 27.7 Å². The Balaban J connectivity index is 1.52. The Morgan fingerprint density at radius 3 is 2.17 bits per heavy atom. The van der Waals surface area contributed by atoms with Gasteiger partial charge in [-0.15, -0.1) is 0 Å². The Labute approximate surface area is 177 Å². The molecule has 0 fully saturated rings. The summed E-state index contributed by atoms with van der Waals surface area (Å²) < 4.78 is 25.4. The lowest BCUT2D eigenvalue weighted by Gasteiger charge is -2.11. The van der Waals surface area contributed by atoms with Gasteiger partial charge in [0.2, 0.25) is 15.9 Å². The average Bonchev–Trinajstić information content (AvgIpc) is 2.70. The van der Waals surface area contributed by atoms with E-state index in [9.17, 15) is 13.2 Å². The normalized spacial score (nSPS) is 11.0. The molecule has 3 N–H and O–H groups in total. The Bertz CT molecular complexity index is 1080. The fraction of sp³-hybridized carbons (Fsp3) is 0.174. The van der Waals surface area contributed by atoms with Crippen molar-refractivity contribution in [2.75, 3.05) is 28.2 Å². The van der Waals surface area contributed by atoms with Crippen molar-refractivity contribution in [3.05, 3.63) is 90.0 Å². The molecular formula is C23H25N3O3S. The van der Waals surface area contributed by atoms with Crippen LogP contribution < -0.4 is 15.4 Å². The average molecular weight is 424 g/mol. The quantitative estimate of drug-likeness (QED) is 0.487. The maximum Gasteiger partial charge on any atom is 0.229 e. The standard InChI is InChI=1S/C23H25N3O3S/c1-30(28,29)26-22-10-6-5-9-19(22)17-23(27)25-21-13-11-20(12-14-21)24-16-15-18-7-3-2-4-8-18/h2-14,24,26H,15-17H2,1H3,(H,25,27). The number of sulfonamides is 1. The third-order valence-electron chi connectivity index (χ3n) is 4.42. The van der Waals surface area contributed by atoms with Crippen molar-refractivity contribution >= 4 is 33.0 Å². The van der Waals surface area contributed by atoms with E-state index in [-0.39, 0.29) is 12.3 Å². The third kappa shape index (κ3) is 6.93. The molecule has 0 aromatic heterocycles. The Kier molecular flexibility index (Phi) is 7.08. The van der Waals surface area contributed by atoms with Crippen LogP contribution in [0.15, 0.2) is 78.9 Å². The van der Waals surface area contributed by atoms with Gasteiger partial charge in [-0.2, -0.15) is 0 Å². The lowest BCUT2D eigenvalue weighted by molar-refractivity contribution is -0.115. The highest BCUT2D eigenvalue weighted by atomic mass is 32.2. The summed E-state index contributed by atoms with van der Waals surface area (Å²) in [6, 6.07) is 24.6. The molecule has 0 aliphatic heterocycles. The van der Waals surface area contributed by atoms with Gasteiger partial charge >= 0.3 is 0 Å². The minimum Gasteiger partial charge on any atom is -0.385 e. The van der Waals surface area contributed by atoms with Gasteiger partial charge in [-0.05, 0) is 47.9 Å². The number of anilines is 3. The second-order valence-corrected chi connectivity index (χ2v) is 8.74. The fourth-order valence-electron chi connectivity index (χ4n) is 3.02. The van der Waals surface area contributed by atoms with Crippen LogP contribution in [0.3, 0.4) is 0 Å². The van der Waals surface area contributed by atoms with Gasteiger partial charge in [-0.25, -0.2) is 8.42 Å². The molecule has 0 heterocycles. The molecule has 0 aliphatic rings. The van der Waals surface area contributed by atoms with E-state index < -0.39 is 10.0 Å². The second-order valence-electron chi connectivity index (χ2n) is 7.00. The summed E-state index contributed by atoms with van der Waals surface area (Å²) in [6.45, 7) is 0.819. The van der Waals surface area contributed by atoms with Crippen molar-refractivity contribution in [1.82, 2.24) is 0 Å². The lowest BCUT2D eigenvalue weighted by Crippen LogP contribution is -2.17. The zero-order valence-corrected chi connectivity index (χ0v) is 17.6. The number of nitrogens with one attached hydrogen (secondary N) is 3. The molecule has 0 aliphatic carbocycles. The van der Waals surface area contributed by atoms with Crippen LogP contribution in [0.2, 0.25) is 0 Å². The van der Waals surface area contributed by atoms with Gasteiger partial charge in [0, 0.05) is 17.9 Å². The summed E-state index contributed by atoms with van der Waals surface area (Å²) in [5.41, 5.74) is 3.96. The van der Waals surface area contributed by atoms with Crippen molar-refractivity contribution in [1.29, 1.82) is 0 Å². The number of carbonyl (C=O) groups excluding carboxylic acids is 1. The van der Waals surface area contributed by atoms with Gasteiger partial charge in [-0.3, -0.25) is 9.52 Å². The van der Waals surface area contributed by atoms with Gasteiger partial charge < -0.3 is 10.6 Å². The Hall–Kier alpha value is -3.32. The number of amides is 1. The molecule has 7 heteroatoms. The molecule has 0 atom stereocenters. The van der Waals surface area contributed by atoms with Crippen LogP contribution >= 0.6 is 0 Å². The number of benzene rings is 3. The van der Waals surface area contributed by atoms with E-state index in [1.54, 1.807) is 24.3 Å². The van der Waals surface area contributed by atoms with Gasteiger partial charge in [-0.1, -0.05) is 48.5 Å². The minimum atomic E-state index is -3.41. The van der Waals surface area contributed by atoms with E-state index in [1.165, 1.54) is 5.56 Å². The monoisotopic (exact) mass is 423 g/mol. The number of rotatable bonds is 9. The number of hydrogen-bond donors (Lipinski definition) is 3. The van der Waals surface area contributed by atoms with Crippen LogP contribution in [0.25, 0.3) is 0 Å². The molecule has 3 rings (SSSR count). The number of para-hydroxylation sites is 1. The van der Waals surface area contributed by atoms with Crippen molar-refractivity contribution < 1.29 is 13.2 Å². The summed E-state index contributed by atoms with van der Waals surface area (Å²) in [5.74, 6) is -0.220. The topological polar surface area (TPSA) is 87.3 Å². The molecule has 0 saturated heterocycles. The smallest absolute Gasteiger partial charge is 0.229 e. The van der Waals surface area contributed by atoms with Gasteiger partial charge in [0.15, 0.2) is 0 Å². The lowest BCUT2D eigenvalue weighted by atomic mass is 10.1. The van der Waals surface area contributed by atoms with Crippen molar-refractivity contribution in [2.45, 2.75) is 12.8 Å². The summed E-state index contributed by atoms with van der Waals surface area (Å²) in [7, 11) is -3.41. The van der Waals surface area contributed by atoms with Crippen molar-refractivity contribution in [2.24, 2.45) is 0 Å². The first-order valence-corrected chi connectivity index (χ1v) is 11.5. The zero-order valence-electron chi connectivity index (χ0n) is 16.8. The largest absolute Gasteiger partial charge is 0.385 e. The maximum atomic E-state index is 12.4. The van der Waals surface area contributed by atoms with Crippen LogP contribution in [0.5, 0.6) is 0 Å². The van der Waals surface area contributed by atoms with E-state index in [0.717, 1.165) is 24.9 Å². The van der Waals surface area contributed by atoms with E-state index >= 15 is 0 Å². The van der Waals surface area contributed by atoms with Crippen molar-refractivity contribution in [3.63, 3.8) is 0 Å². The zero-order chi connectivity index (χ0) is 21.4. The predicted molar refractivity (Wildman–Crippen MR) is 122 cm³/mol. The highest BCUT2D eigenvalue weighted by molar-refractivity contribution is 7.92.